The molecule has 2 N–H and O–H groups in total. The van der Waals surface area contributed by atoms with Gasteiger partial charge < -0.3 is 14.8 Å². The van der Waals surface area contributed by atoms with Gasteiger partial charge in [0.1, 0.15) is 5.82 Å². The predicted molar refractivity (Wildman–Crippen MR) is 117 cm³/mol. The molecule has 0 aliphatic rings. The fraction of sp³-hybridized carbons (Fsp3) is 0.261. The van der Waals surface area contributed by atoms with Crippen LogP contribution in [-0.2, 0) is 24.2 Å². The van der Waals surface area contributed by atoms with E-state index in [0.717, 1.165) is 10.4 Å². The first-order valence-corrected chi connectivity index (χ1v) is 10.3. The number of carboxylic acids is 2. The molecular formula is C23H24N2O4S. The molecule has 0 saturated heterocycles. The highest BCUT2D eigenvalue weighted by Gasteiger charge is 2.14. The molecule has 0 bridgehead atoms. The molecule has 0 amide bonds. The molecule has 0 atom stereocenters. The number of thiophene rings is 1. The van der Waals surface area contributed by atoms with Gasteiger partial charge in [-0.1, -0.05) is 31.5 Å². The molecule has 0 saturated carbocycles. The molecule has 2 heterocycles. The van der Waals surface area contributed by atoms with Crippen LogP contribution in [0.25, 0.3) is 6.08 Å². The summed E-state index contributed by atoms with van der Waals surface area (Å²) in [6, 6.07) is 10.2. The van der Waals surface area contributed by atoms with Crippen LogP contribution in [0.5, 0.6) is 0 Å². The van der Waals surface area contributed by atoms with Crippen LogP contribution in [0.3, 0.4) is 0 Å². The lowest BCUT2D eigenvalue weighted by Gasteiger charge is -2.12. The molecule has 3 aromatic rings. The van der Waals surface area contributed by atoms with Crippen molar-refractivity contribution in [1.29, 1.82) is 0 Å². The second-order valence-electron chi connectivity index (χ2n) is 6.77. The lowest BCUT2D eigenvalue weighted by Crippen LogP contribution is -2.09. The van der Waals surface area contributed by atoms with Crippen molar-refractivity contribution in [3.8, 4) is 0 Å². The van der Waals surface area contributed by atoms with Crippen molar-refractivity contribution in [2.45, 2.75) is 39.1 Å². The van der Waals surface area contributed by atoms with Crippen molar-refractivity contribution >= 4 is 29.4 Å². The Morgan fingerprint density at radius 3 is 2.67 bits per heavy atom. The summed E-state index contributed by atoms with van der Waals surface area (Å²) in [5.74, 6) is -1.39. The third-order valence-corrected chi connectivity index (χ3v) is 5.51. The Hall–Kier alpha value is -3.19. The summed E-state index contributed by atoms with van der Waals surface area (Å²) in [6.45, 7) is -1.68. The molecule has 2 aromatic heterocycles. The normalized spacial score (nSPS) is 13.5. The number of aryl methyl sites for hydroxylation is 1. The molecular weight excluding hydrogens is 400 g/mol. The third-order valence-electron chi connectivity index (χ3n) is 4.63. The highest BCUT2D eigenvalue weighted by atomic mass is 32.1. The van der Waals surface area contributed by atoms with E-state index in [1.807, 2.05) is 22.1 Å². The smallest absolute Gasteiger partial charge is 0.335 e. The van der Waals surface area contributed by atoms with Crippen LogP contribution in [0.15, 0.2) is 53.5 Å². The summed E-state index contributed by atoms with van der Waals surface area (Å²) in [4.78, 5) is 28.4. The largest absolute Gasteiger partial charge is 0.478 e. The average molecular weight is 428 g/mol. The molecule has 0 aliphatic carbocycles. The number of aromatic nitrogens is 2. The Morgan fingerprint density at radius 1 is 1.23 bits per heavy atom. The van der Waals surface area contributed by atoms with Crippen molar-refractivity contribution in [3.05, 3.63) is 81.1 Å². The predicted octanol–water partition coefficient (Wildman–Crippen LogP) is 4.74. The van der Waals surface area contributed by atoms with Crippen molar-refractivity contribution in [1.82, 2.24) is 9.55 Å². The molecule has 156 valence electrons. The fourth-order valence-electron chi connectivity index (χ4n) is 3.08. The number of benzene rings is 1. The van der Waals surface area contributed by atoms with E-state index in [1.54, 1.807) is 24.4 Å². The first-order valence-electron chi connectivity index (χ1n) is 11.0. The second kappa shape index (κ2) is 10.0. The molecule has 0 unspecified atom stereocenters. The molecule has 1 aromatic carbocycles. The number of aromatic carboxylic acids is 1. The monoisotopic (exact) mass is 427 g/mol. The maximum absolute atomic E-state index is 11.9. The summed E-state index contributed by atoms with van der Waals surface area (Å²) in [7, 11) is 0. The van der Waals surface area contributed by atoms with Crippen molar-refractivity contribution < 1.29 is 23.9 Å². The van der Waals surface area contributed by atoms with E-state index >= 15 is 0 Å². The van der Waals surface area contributed by atoms with Crippen LogP contribution < -0.4 is 0 Å². The van der Waals surface area contributed by atoms with E-state index in [1.165, 1.54) is 23.5 Å². The number of nitrogens with zero attached hydrogens (tertiary/aromatic N) is 2. The van der Waals surface area contributed by atoms with Gasteiger partial charge >= 0.3 is 11.9 Å². The van der Waals surface area contributed by atoms with Crippen LogP contribution in [-0.4, -0.2) is 31.7 Å². The number of carboxylic acid groups (broad SMARTS) is 2. The number of hydrogen-bond donors (Lipinski definition) is 2. The van der Waals surface area contributed by atoms with Crippen LogP contribution in [0.1, 0.15) is 56.1 Å². The first kappa shape index (κ1) is 17.7. The summed E-state index contributed by atoms with van der Waals surface area (Å²) < 4.78 is 24.1. The maximum atomic E-state index is 11.9. The molecule has 0 fully saturated rings. The minimum atomic E-state index is -2.02. The van der Waals surface area contributed by atoms with Crippen molar-refractivity contribution in [3.63, 3.8) is 0 Å². The number of hydrogen-bond acceptors (Lipinski definition) is 4. The highest BCUT2D eigenvalue weighted by molar-refractivity contribution is 7.09. The van der Waals surface area contributed by atoms with E-state index in [-0.39, 0.29) is 24.0 Å². The van der Waals surface area contributed by atoms with Gasteiger partial charge in [-0.05, 0) is 41.6 Å². The second-order valence-corrected chi connectivity index (χ2v) is 7.80. The number of carbonyl (C=O) groups is 2. The number of imidazole rings is 1. The van der Waals surface area contributed by atoms with Gasteiger partial charge in [-0.3, -0.25) is 0 Å². The minimum Gasteiger partial charge on any atom is -0.478 e. The summed E-state index contributed by atoms with van der Waals surface area (Å²) in [5.41, 5.74) is 1.80. The zero-order valence-corrected chi connectivity index (χ0v) is 17.1. The zero-order chi connectivity index (χ0) is 24.0. The highest BCUT2D eigenvalue weighted by Crippen LogP contribution is 2.20. The van der Waals surface area contributed by atoms with Crippen LogP contribution in [0.4, 0.5) is 0 Å². The first-order chi connectivity index (χ1) is 15.6. The Balaban J connectivity index is 1.92. The summed E-state index contributed by atoms with van der Waals surface area (Å²) in [5, 5.41) is 20.7. The molecule has 0 aliphatic heterocycles. The fourth-order valence-corrected chi connectivity index (χ4v) is 3.80. The lowest BCUT2D eigenvalue weighted by molar-refractivity contribution is -0.132. The standard InChI is InChI=1S/C23H24N2O4S/c1-2-3-6-21-24-14-19(12-18(23(28)29)13-20-5-4-11-30-20)25(21)15-16-7-9-17(10-8-16)22(26)27/h4-5,7-12,14H,2-3,6,13,15H2,1H3,(H,26,27)(H,28,29)/b18-12+/i1D3. The van der Waals surface area contributed by atoms with Gasteiger partial charge in [0.2, 0.25) is 0 Å². The molecule has 30 heavy (non-hydrogen) atoms. The zero-order valence-electron chi connectivity index (χ0n) is 19.2. The SMILES string of the molecule is [2H]C([2H])([2H])CCCc1ncc(/C=C(\Cc2cccs2)C(=O)O)n1Cc1ccc(C(=O)O)cc1. The number of aliphatic carboxylic acids is 1. The van der Waals surface area contributed by atoms with Gasteiger partial charge in [0.15, 0.2) is 0 Å². The van der Waals surface area contributed by atoms with Crippen LogP contribution >= 0.6 is 11.3 Å². The molecule has 3 rings (SSSR count). The Kier molecular flexibility index (Phi) is 5.90. The lowest BCUT2D eigenvalue weighted by atomic mass is 10.1. The van der Waals surface area contributed by atoms with E-state index in [4.69, 9.17) is 9.22 Å². The van der Waals surface area contributed by atoms with Gasteiger partial charge in [-0.25, -0.2) is 14.6 Å². The van der Waals surface area contributed by atoms with Gasteiger partial charge in [0, 0.05) is 33.9 Å². The van der Waals surface area contributed by atoms with E-state index in [2.05, 4.69) is 4.98 Å². The van der Waals surface area contributed by atoms with Crippen LogP contribution in [0.2, 0.25) is 0 Å². The van der Waals surface area contributed by atoms with E-state index < -0.39 is 18.8 Å². The Morgan fingerprint density at radius 2 is 2.03 bits per heavy atom. The Labute approximate surface area is 183 Å². The van der Waals surface area contributed by atoms with Gasteiger partial charge in [-0.15, -0.1) is 11.3 Å². The van der Waals surface area contributed by atoms with Gasteiger partial charge in [0.05, 0.1) is 17.5 Å². The third kappa shape index (κ3) is 5.45. The van der Waals surface area contributed by atoms with E-state index in [9.17, 15) is 14.7 Å². The summed E-state index contributed by atoms with van der Waals surface area (Å²) in [6.07, 6.45) is 4.35. The molecule has 6 nitrogen and oxygen atoms in total. The maximum Gasteiger partial charge on any atom is 0.335 e. The molecule has 7 heteroatoms. The topological polar surface area (TPSA) is 92.4 Å². The Bertz CT molecular complexity index is 1130. The average Bonchev–Trinajstić information content (AvgIpc) is 3.38. The van der Waals surface area contributed by atoms with Crippen LogP contribution in [0, 0.1) is 0 Å². The van der Waals surface area contributed by atoms with E-state index in [0.29, 0.717) is 30.9 Å². The summed E-state index contributed by atoms with van der Waals surface area (Å²) >= 11 is 1.48. The minimum absolute atomic E-state index is 0.0527. The van der Waals surface area contributed by atoms with Crippen molar-refractivity contribution in [2.24, 2.45) is 0 Å². The molecule has 0 radical (unpaired) electrons. The molecule has 0 spiro atoms. The quantitative estimate of drug-likeness (QED) is 0.456. The number of rotatable bonds is 10. The van der Waals surface area contributed by atoms with Crippen molar-refractivity contribution in [2.75, 3.05) is 0 Å². The van der Waals surface area contributed by atoms with Gasteiger partial charge in [0.25, 0.3) is 0 Å². The van der Waals surface area contributed by atoms with Gasteiger partial charge in [-0.2, -0.15) is 0 Å².